The highest BCUT2D eigenvalue weighted by atomic mass is 35.5. The maximum Gasteiger partial charge on any atom is 0.219 e. The maximum atomic E-state index is 11.5. The molecule has 1 aromatic carbocycles. The minimum absolute atomic E-state index is 0.151. The molecule has 1 amide bonds. The van der Waals surface area contributed by atoms with Gasteiger partial charge in [0.15, 0.2) is 11.5 Å². The number of rotatable bonds is 5. The number of nitrogens with zero attached hydrogens (tertiary/aromatic N) is 1. The van der Waals surface area contributed by atoms with Crippen LogP contribution in [0, 0.1) is 5.92 Å². The standard InChI is InChI=1S/C17H25ClN2O3/c1-11-10-20(12(2)21)8-7-14(11)19-9-13-5-6-15(22-3)17(23-4)16(13)18/h5-6,11,14,19H,7-10H2,1-4H3/t11-,14+/m0/s1. The smallest absolute Gasteiger partial charge is 0.219 e. The Morgan fingerprint density at radius 1 is 1.39 bits per heavy atom. The zero-order valence-corrected chi connectivity index (χ0v) is 14.9. The van der Waals surface area contributed by atoms with Gasteiger partial charge in [0.25, 0.3) is 0 Å². The lowest BCUT2D eigenvalue weighted by atomic mass is 9.93. The summed E-state index contributed by atoms with van der Waals surface area (Å²) in [5.41, 5.74) is 0.977. The third-order valence-corrected chi connectivity index (χ3v) is 4.88. The highest BCUT2D eigenvalue weighted by molar-refractivity contribution is 6.33. The fourth-order valence-corrected chi connectivity index (χ4v) is 3.34. The Morgan fingerprint density at radius 3 is 2.70 bits per heavy atom. The summed E-state index contributed by atoms with van der Waals surface area (Å²) in [5, 5.41) is 4.13. The van der Waals surface area contributed by atoms with Crippen LogP contribution < -0.4 is 14.8 Å². The topological polar surface area (TPSA) is 50.8 Å². The van der Waals surface area contributed by atoms with Crippen molar-refractivity contribution < 1.29 is 14.3 Å². The van der Waals surface area contributed by atoms with Gasteiger partial charge < -0.3 is 19.7 Å². The molecule has 1 fully saturated rings. The fourth-order valence-electron chi connectivity index (χ4n) is 3.04. The average molecular weight is 341 g/mol. The van der Waals surface area contributed by atoms with Gasteiger partial charge in [-0.05, 0) is 24.0 Å². The molecule has 0 aromatic heterocycles. The molecule has 1 heterocycles. The van der Waals surface area contributed by atoms with Crippen LogP contribution in [-0.4, -0.2) is 44.2 Å². The van der Waals surface area contributed by atoms with Crippen LogP contribution in [0.3, 0.4) is 0 Å². The molecule has 1 aliphatic heterocycles. The number of halogens is 1. The molecule has 0 radical (unpaired) electrons. The van der Waals surface area contributed by atoms with Crippen LogP contribution in [0.2, 0.25) is 5.02 Å². The highest BCUT2D eigenvalue weighted by Crippen LogP contribution is 2.37. The molecule has 5 nitrogen and oxygen atoms in total. The maximum absolute atomic E-state index is 11.5. The second-order valence-electron chi connectivity index (χ2n) is 5.99. The van der Waals surface area contributed by atoms with Crippen LogP contribution in [0.4, 0.5) is 0 Å². The second-order valence-corrected chi connectivity index (χ2v) is 6.37. The van der Waals surface area contributed by atoms with Crippen molar-refractivity contribution in [2.24, 2.45) is 5.92 Å². The molecule has 128 valence electrons. The van der Waals surface area contributed by atoms with E-state index in [0.717, 1.165) is 25.1 Å². The quantitative estimate of drug-likeness (QED) is 0.895. The number of methoxy groups -OCH3 is 2. The molecule has 1 aromatic rings. The van der Waals surface area contributed by atoms with Gasteiger partial charge in [-0.1, -0.05) is 24.6 Å². The zero-order chi connectivity index (χ0) is 17.0. The van der Waals surface area contributed by atoms with Crippen LogP contribution in [-0.2, 0) is 11.3 Å². The van der Waals surface area contributed by atoms with E-state index in [2.05, 4.69) is 12.2 Å². The summed E-state index contributed by atoms with van der Waals surface area (Å²) in [6.45, 7) is 6.06. The largest absolute Gasteiger partial charge is 0.493 e. The second kappa shape index (κ2) is 7.88. The van der Waals surface area contributed by atoms with Crippen molar-refractivity contribution in [3.05, 3.63) is 22.7 Å². The summed E-state index contributed by atoms with van der Waals surface area (Å²) in [6.07, 6.45) is 0.950. The summed E-state index contributed by atoms with van der Waals surface area (Å²) in [5.74, 6) is 1.75. The van der Waals surface area contributed by atoms with Gasteiger partial charge in [-0.25, -0.2) is 0 Å². The van der Waals surface area contributed by atoms with Crippen molar-refractivity contribution in [3.8, 4) is 11.5 Å². The number of nitrogens with one attached hydrogen (secondary N) is 1. The molecular weight excluding hydrogens is 316 g/mol. The molecule has 2 rings (SSSR count). The van der Waals surface area contributed by atoms with Crippen LogP contribution >= 0.6 is 11.6 Å². The van der Waals surface area contributed by atoms with E-state index in [0.29, 0.717) is 35.0 Å². The van der Waals surface area contributed by atoms with Crippen molar-refractivity contribution in [2.75, 3.05) is 27.3 Å². The van der Waals surface area contributed by atoms with E-state index in [1.54, 1.807) is 21.1 Å². The summed E-state index contributed by atoms with van der Waals surface area (Å²) < 4.78 is 10.6. The molecule has 0 aliphatic carbocycles. The van der Waals surface area contributed by atoms with Gasteiger partial charge in [0.05, 0.1) is 19.2 Å². The van der Waals surface area contributed by atoms with Crippen molar-refractivity contribution >= 4 is 17.5 Å². The number of carbonyl (C=O) groups is 1. The first kappa shape index (κ1) is 17.9. The first-order valence-electron chi connectivity index (χ1n) is 7.86. The summed E-state index contributed by atoms with van der Waals surface area (Å²) in [6, 6.07) is 4.19. The van der Waals surface area contributed by atoms with Gasteiger partial charge in [0, 0.05) is 32.6 Å². The first-order valence-corrected chi connectivity index (χ1v) is 8.24. The average Bonchev–Trinajstić information content (AvgIpc) is 2.54. The molecule has 0 bridgehead atoms. The molecule has 2 atom stereocenters. The Bertz CT molecular complexity index is 565. The van der Waals surface area contributed by atoms with Crippen LogP contribution in [0.25, 0.3) is 0 Å². The predicted molar refractivity (Wildman–Crippen MR) is 91.2 cm³/mol. The number of likely N-dealkylation sites (tertiary alicyclic amines) is 1. The molecule has 1 N–H and O–H groups in total. The van der Waals surface area contributed by atoms with Gasteiger partial charge in [-0.15, -0.1) is 0 Å². The lowest BCUT2D eigenvalue weighted by Gasteiger charge is -2.37. The molecule has 0 unspecified atom stereocenters. The van der Waals surface area contributed by atoms with Crippen LogP contribution in [0.1, 0.15) is 25.8 Å². The van der Waals surface area contributed by atoms with E-state index in [4.69, 9.17) is 21.1 Å². The van der Waals surface area contributed by atoms with Crippen molar-refractivity contribution in [3.63, 3.8) is 0 Å². The number of carbonyl (C=O) groups excluding carboxylic acids is 1. The molecule has 6 heteroatoms. The molecule has 1 saturated heterocycles. The van der Waals surface area contributed by atoms with E-state index in [-0.39, 0.29) is 5.91 Å². The summed E-state index contributed by atoms with van der Waals surface area (Å²) >= 11 is 6.41. The van der Waals surface area contributed by atoms with E-state index in [1.807, 2.05) is 17.0 Å². The van der Waals surface area contributed by atoms with Crippen LogP contribution in [0.15, 0.2) is 12.1 Å². The van der Waals surface area contributed by atoms with E-state index in [1.165, 1.54) is 0 Å². The van der Waals surface area contributed by atoms with E-state index < -0.39 is 0 Å². The number of ether oxygens (including phenoxy) is 2. The van der Waals surface area contributed by atoms with E-state index >= 15 is 0 Å². The number of hydrogen-bond donors (Lipinski definition) is 1. The monoisotopic (exact) mass is 340 g/mol. The Kier molecular flexibility index (Phi) is 6.13. The molecule has 1 aliphatic rings. The third-order valence-electron chi connectivity index (χ3n) is 4.47. The number of benzene rings is 1. The molecular formula is C17H25ClN2O3. The Labute approximate surface area is 142 Å². The fraction of sp³-hybridized carbons (Fsp3) is 0.588. The number of amides is 1. The Morgan fingerprint density at radius 2 is 2.13 bits per heavy atom. The number of piperidine rings is 1. The predicted octanol–water partition coefficient (Wildman–Crippen LogP) is 2.70. The van der Waals surface area contributed by atoms with Gasteiger partial charge in [-0.3, -0.25) is 4.79 Å². The van der Waals surface area contributed by atoms with Gasteiger partial charge in [0.2, 0.25) is 5.91 Å². The molecule has 0 saturated carbocycles. The first-order chi connectivity index (χ1) is 11.0. The Hall–Kier alpha value is -1.46. The van der Waals surface area contributed by atoms with Crippen molar-refractivity contribution in [1.82, 2.24) is 10.2 Å². The third kappa shape index (κ3) is 4.09. The van der Waals surface area contributed by atoms with Gasteiger partial charge in [-0.2, -0.15) is 0 Å². The molecule has 23 heavy (non-hydrogen) atoms. The van der Waals surface area contributed by atoms with E-state index in [9.17, 15) is 4.79 Å². The Balaban J connectivity index is 2.00. The summed E-state index contributed by atoms with van der Waals surface area (Å²) in [4.78, 5) is 13.4. The minimum atomic E-state index is 0.151. The highest BCUT2D eigenvalue weighted by Gasteiger charge is 2.27. The van der Waals surface area contributed by atoms with Crippen molar-refractivity contribution in [2.45, 2.75) is 32.9 Å². The van der Waals surface area contributed by atoms with Gasteiger partial charge in [0.1, 0.15) is 0 Å². The van der Waals surface area contributed by atoms with Crippen LogP contribution in [0.5, 0.6) is 11.5 Å². The van der Waals surface area contributed by atoms with Gasteiger partial charge >= 0.3 is 0 Å². The molecule has 0 spiro atoms. The minimum Gasteiger partial charge on any atom is -0.493 e. The lowest BCUT2D eigenvalue weighted by Crippen LogP contribution is -2.49. The zero-order valence-electron chi connectivity index (χ0n) is 14.2. The van der Waals surface area contributed by atoms with Crippen molar-refractivity contribution in [1.29, 1.82) is 0 Å². The SMILES string of the molecule is COc1ccc(CN[C@@H]2CCN(C(C)=O)C[C@@H]2C)c(Cl)c1OC. The lowest BCUT2D eigenvalue weighted by molar-refractivity contribution is -0.130. The summed E-state index contributed by atoms with van der Waals surface area (Å²) in [7, 11) is 3.18. The normalized spacial score (nSPS) is 21.2. The number of hydrogen-bond acceptors (Lipinski definition) is 4.